The quantitative estimate of drug-likeness (QED) is 0.490. The van der Waals surface area contributed by atoms with Crippen LogP contribution < -0.4 is 4.90 Å². The van der Waals surface area contributed by atoms with Crippen LogP contribution in [0.4, 0.5) is 5.69 Å². The van der Waals surface area contributed by atoms with Gasteiger partial charge in [-0.05, 0) is 68.9 Å². The summed E-state index contributed by atoms with van der Waals surface area (Å²) >= 11 is 3.59. The number of nitrogens with zero attached hydrogens (tertiary/aromatic N) is 2. The number of carbonyl (C=O) groups excluding carboxylic acids is 3. The third-order valence-electron chi connectivity index (χ3n) is 6.80. The number of anilines is 1. The highest BCUT2D eigenvalue weighted by Gasteiger charge is 2.26. The molecule has 0 saturated carbocycles. The molecule has 0 spiro atoms. The van der Waals surface area contributed by atoms with Crippen LogP contribution in [-0.4, -0.2) is 48.6 Å². The van der Waals surface area contributed by atoms with Gasteiger partial charge in [0.05, 0.1) is 0 Å². The molecule has 6 heteroatoms. The Morgan fingerprint density at radius 1 is 1.16 bits per heavy atom. The second-order valence-corrected chi connectivity index (χ2v) is 10.0. The topological polar surface area (TPSA) is 57.7 Å². The van der Waals surface area contributed by atoms with E-state index in [2.05, 4.69) is 40.0 Å². The Morgan fingerprint density at radius 2 is 1.81 bits per heavy atom. The second kappa shape index (κ2) is 10.2. The SMILES string of the molecule is CC(=O)N1CCC(N(C)c2cc(Br)cc(C(=O)CCC3=C(C)C=C(C)CC3=O)c2C)CC1. The summed E-state index contributed by atoms with van der Waals surface area (Å²) in [4.78, 5) is 41.4. The molecule has 1 aliphatic carbocycles. The van der Waals surface area contributed by atoms with Gasteiger partial charge in [-0.25, -0.2) is 0 Å². The van der Waals surface area contributed by atoms with Crippen LogP contribution in [-0.2, 0) is 9.59 Å². The highest BCUT2D eigenvalue weighted by molar-refractivity contribution is 9.10. The second-order valence-electron chi connectivity index (χ2n) is 9.12. The monoisotopic (exact) mass is 500 g/mol. The molecule has 1 heterocycles. The van der Waals surface area contributed by atoms with Gasteiger partial charge in [-0.15, -0.1) is 0 Å². The number of Topliss-reactive ketones (excluding diaryl/α,β-unsaturated/α-hetero) is 2. The van der Waals surface area contributed by atoms with Crippen LogP contribution in [0.25, 0.3) is 0 Å². The van der Waals surface area contributed by atoms with Crippen molar-refractivity contribution in [2.24, 2.45) is 0 Å². The summed E-state index contributed by atoms with van der Waals surface area (Å²) in [6, 6.07) is 4.28. The van der Waals surface area contributed by atoms with Gasteiger partial charge in [-0.1, -0.05) is 27.6 Å². The Bertz CT molecular complexity index is 1000. The number of likely N-dealkylation sites (tertiary alicyclic amines) is 1. The first-order chi connectivity index (χ1) is 15.1. The average Bonchev–Trinajstić information content (AvgIpc) is 2.73. The Kier molecular flexibility index (Phi) is 7.75. The lowest BCUT2D eigenvalue weighted by Crippen LogP contribution is -2.45. The van der Waals surface area contributed by atoms with Gasteiger partial charge in [-0.3, -0.25) is 14.4 Å². The van der Waals surface area contributed by atoms with Gasteiger partial charge in [0.2, 0.25) is 5.91 Å². The van der Waals surface area contributed by atoms with Crippen LogP contribution in [0.2, 0.25) is 0 Å². The van der Waals surface area contributed by atoms with Crippen molar-refractivity contribution in [3.05, 3.63) is 50.5 Å². The predicted octanol–water partition coefficient (Wildman–Crippen LogP) is 5.40. The average molecular weight is 501 g/mol. The highest BCUT2D eigenvalue weighted by atomic mass is 79.9. The first-order valence-corrected chi connectivity index (χ1v) is 12.1. The minimum atomic E-state index is 0.0595. The van der Waals surface area contributed by atoms with E-state index in [9.17, 15) is 14.4 Å². The predicted molar refractivity (Wildman–Crippen MR) is 132 cm³/mol. The first-order valence-electron chi connectivity index (χ1n) is 11.3. The molecule has 1 amide bonds. The zero-order chi connectivity index (χ0) is 23.6. The fraction of sp³-hybridized carbons (Fsp3) is 0.500. The molecule has 0 radical (unpaired) electrons. The zero-order valence-electron chi connectivity index (χ0n) is 19.8. The summed E-state index contributed by atoms with van der Waals surface area (Å²) in [5.41, 5.74) is 5.54. The van der Waals surface area contributed by atoms with E-state index in [1.54, 1.807) is 6.92 Å². The normalized spacial score (nSPS) is 17.5. The van der Waals surface area contributed by atoms with Crippen molar-refractivity contribution in [2.75, 3.05) is 25.0 Å². The van der Waals surface area contributed by atoms with E-state index in [4.69, 9.17) is 0 Å². The Labute approximate surface area is 199 Å². The summed E-state index contributed by atoms with van der Waals surface area (Å²) in [5.74, 6) is 0.327. The third-order valence-corrected chi connectivity index (χ3v) is 7.26. The molecule has 0 aromatic heterocycles. The number of hydrogen-bond acceptors (Lipinski definition) is 4. The molecule has 3 rings (SSSR count). The van der Waals surface area contributed by atoms with Gasteiger partial charge >= 0.3 is 0 Å². The van der Waals surface area contributed by atoms with E-state index in [-0.39, 0.29) is 17.5 Å². The number of hydrogen-bond donors (Lipinski definition) is 0. The fourth-order valence-electron chi connectivity index (χ4n) is 4.88. The van der Waals surface area contributed by atoms with Crippen molar-refractivity contribution >= 4 is 39.1 Å². The summed E-state index contributed by atoms with van der Waals surface area (Å²) in [6.07, 6.45) is 5.13. The fourth-order valence-corrected chi connectivity index (χ4v) is 5.33. The third kappa shape index (κ3) is 5.40. The molecular weight excluding hydrogens is 468 g/mol. The van der Waals surface area contributed by atoms with E-state index in [0.29, 0.717) is 30.9 Å². The molecule has 1 aliphatic heterocycles. The highest BCUT2D eigenvalue weighted by Crippen LogP contribution is 2.32. The molecule has 1 saturated heterocycles. The van der Waals surface area contributed by atoms with Gasteiger partial charge in [0, 0.05) is 61.7 Å². The lowest BCUT2D eigenvalue weighted by Gasteiger charge is -2.38. The molecule has 1 aromatic rings. The standard InChI is InChI=1S/C26H33BrN2O3/c1-16-12-17(2)22(26(32)13-16)6-7-25(31)23-14-20(27)15-24(18(23)3)28(5)21-8-10-29(11-9-21)19(4)30/h12,14-15,21H,6-11,13H2,1-5H3. The Morgan fingerprint density at radius 3 is 2.41 bits per heavy atom. The van der Waals surface area contributed by atoms with Crippen molar-refractivity contribution in [2.45, 2.75) is 65.8 Å². The Balaban J connectivity index is 1.76. The van der Waals surface area contributed by atoms with Crippen molar-refractivity contribution in [3.63, 3.8) is 0 Å². The minimum absolute atomic E-state index is 0.0595. The van der Waals surface area contributed by atoms with Crippen molar-refractivity contribution in [1.82, 2.24) is 4.90 Å². The number of ketones is 2. The number of halogens is 1. The number of carbonyl (C=O) groups is 3. The van der Waals surface area contributed by atoms with E-state index in [1.807, 2.05) is 31.7 Å². The molecule has 1 fully saturated rings. The molecule has 0 atom stereocenters. The molecule has 0 unspecified atom stereocenters. The number of piperidine rings is 1. The van der Waals surface area contributed by atoms with E-state index >= 15 is 0 Å². The summed E-state index contributed by atoms with van der Waals surface area (Å²) in [6.45, 7) is 9.07. The molecule has 1 aromatic carbocycles. The van der Waals surface area contributed by atoms with Crippen LogP contribution in [0.15, 0.2) is 39.4 Å². The molecule has 172 valence electrons. The molecule has 5 nitrogen and oxygen atoms in total. The van der Waals surface area contributed by atoms with Gasteiger partial charge in [-0.2, -0.15) is 0 Å². The lowest BCUT2D eigenvalue weighted by atomic mass is 9.88. The smallest absolute Gasteiger partial charge is 0.219 e. The van der Waals surface area contributed by atoms with Crippen LogP contribution in [0.5, 0.6) is 0 Å². The van der Waals surface area contributed by atoms with Gasteiger partial charge < -0.3 is 9.80 Å². The lowest BCUT2D eigenvalue weighted by molar-refractivity contribution is -0.129. The number of amides is 1. The molecule has 2 aliphatic rings. The molecular formula is C26H33BrN2O3. The largest absolute Gasteiger partial charge is 0.371 e. The first kappa shape index (κ1) is 24.4. The van der Waals surface area contributed by atoms with Crippen LogP contribution in [0, 0.1) is 6.92 Å². The van der Waals surface area contributed by atoms with Gasteiger partial charge in [0.15, 0.2) is 11.6 Å². The summed E-state index contributed by atoms with van der Waals surface area (Å²) in [7, 11) is 2.07. The van der Waals surface area contributed by atoms with Crippen molar-refractivity contribution in [3.8, 4) is 0 Å². The van der Waals surface area contributed by atoms with Crippen molar-refractivity contribution in [1.29, 1.82) is 0 Å². The molecule has 32 heavy (non-hydrogen) atoms. The minimum Gasteiger partial charge on any atom is -0.371 e. The van der Waals surface area contributed by atoms with Crippen LogP contribution in [0.3, 0.4) is 0 Å². The Hall–Kier alpha value is -2.21. The number of benzene rings is 1. The molecule has 0 bridgehead atoms. The van der Waals surface area contributed by atoms with Crippen LogP contribution >= 0.6 is 15.9 Å². The number of rotatable bonds is 6. The van der Waals surface area contributed by atoms with E-state index < -0.39 is 0 Å². The molecule has 0 N–H and O–H groups in total. The van der Waals surface area contributed by atoms with E-state index in [0.717, 1.165) is 58.4 Å². The maximum Gasteiger partial charge on any atom is 0.219 e. The summed E-state index contributed by atoms with van der Waals surface area (Å²) < 4.78 is 0.872. The van der Waals surface area contributed by atoms with Gasteiger partial charge in [0.1, 0.15) is 0 Å². The number of allylic oxidation sites excluding steroid dienone is 4. The van der Waals surface area contributed by atoms with Crippen LogP contribution in [0.1, 0.15) is 68.8 Å². The maximum atomic E-state index is 13.2. The van der Waals surface area contributed by atoms with Gasteiger partial charge in [0.25, 0.3) is 0 Å². The zero-order valence-corrected chi connectivity index (χ0v) is 21.3. The maximum absolute atomic E-state index is 13.2. The van der Waals surface area contributed by atoms with Crippen molar-refractivity contribution < 1.29 is 14.4 Å². The summed E-state index contributed by atoms with van der Waals surface area (Å²) in [5, 5.41) is 0. The van der Waals surface area contributed by atoms with E-state index in [1.165, 1.54) is 0 Å².